The molecule has 2 aliphatic heterocycles. The predicted octanol–water partition coefficient (Wildman–Crippen LogP) is 2.34. The summed E-state index contributed by atoms with van der Waals surface area (Å²) < 4.78 is 2.40. The van der Waals surface area contributed by atoms with Gasteiger partial charge in [0.05, 0.1) is 0 Å². The summed E-state index contributed by atoms with van der Waals surface area (Å²) in [4.78, 5) is 9.48. The Morgan fingerprint density at radius 1 is 1.33 bits per heavy atom. The Kier molecular flexibility index (Phi) is 3.86. The van der Waals surface area contributed by atoms with E-state index < -0.39 is 0 Å². The summed E-state index contributed by atoms with van der Waals surface area (Å²) >= 11 is 2.08. The summed E-state index contributed by atoms with van der Waals surface area (Å²) in [6, 6.07) is 4.09. The highest BCUT2D eigenvalue weighted by atomic mass is 32.2. The van der Waals surface area contributed by atoms with Gasteiger partial charge in [-0.05, 0) is 61.4 Å². The van der Waals surface area contributed by atoms with Gasteiger partial charge in [0, 0.05) is 19.2 Å². The molecular formula is C16H22N4S. The molecule has 2 unspecified atom stereocenters. The second-order valence-electron chi connectivity index (χ2n) is 6.28. The monoisotopic (exact) mass is 302 g/mol. The molecule has 4 nitrogen and oxygen atoms in total. The summed E-state index contributed by atoms with van der Waals surface area (Å²) in [5, 5.41) is 3.47. The molecule has 2 atom stereocenters. The van der Waals surface area contributed by atoms with E-state index in [-0.39, 0.29) is 0 Å². The van der Waals surface area contributed by atoms with E-state index in [1.807, 2.05) is 12.3 Å². The van der Waals surface area contributed by atoms with Crippen molar-refractivity contribution in [3.8, 4) is 0 Å². The van der Waals surface area contributed by atoms with Gasteiger partial charge in [-0.15, -0.1) is 0 Å². The fourth-order valence-corrected chi connectivity index (χ4v) is 4.77. The smallest absolute Gasteiger partial charge is 0.159 e. The molecule has 2 aromatic rings. The number of hydrogen-bond acceptors (Lipinski definition) is 4. The molecule has 2 aliphatic rings. The molecule has 1 N–H and O–H groups in total. The van der Waals surface area contributed by atoms with E-state index in [4.69, 9.17) is 4.98 Å². The summed E-state index contributed by atoms with van der Waals surface area (Å²) in [6.45, 7) is 3.35. The topological polar surface area (TPSA) is 42.7 Å². The molecule has 0 aromatic carbocycles. The molecule has 0 radical (unpaired) electrons. The highest BCUT2D eigenvalue weighted by Gasteiger charge is 2.23. The maximum Gasteiger partial charge on any atom is 0.159 e. The molecule has 112 valence electrons. The zero-order chi connectivity index (χ0) is 14.1. The normalized spacial score (nSPS) is 25.9. The Morgan fingerprint density at radius 3 is 3.14 bits per heavy atom. The molecule has 2 fully saturated rings. The average molecular weight is 302 g/mol. The minimum atomic E-state index is 0.723. The highest BCUT2D eigenvalue weighted by Crippen LogP contribution is 2.28. The van der Waals surface area contributed by atoms with Gasteiger partial charge in [-0.1, -0.05) is 0 Å². The fraction of sp³-hybridized carbons (Fsp3) is 0.625. The number of thioether (sulfide) groups is 1. The third-order valence-corrected chi connectivity index (χ3v) is 5.91. The highest BCUT2D eigenvalue weighted by molar-refractivity contribution is 7.99. The standard InChI is InChI=1S/C16H22N4S/c1-2-14-16(18-5-1)20(10-13-3-6-17-9-13)15(19-14)8-12-4-7-21-11-12/h1-2,5,12-13,17H,3-4,6-11H2. The zero-order valence-corrected chi connectivity index (χ0v) is 13.1. The largest absolute Gasteiger partial charge is 0.316 e. The molecule has 2 saturated heterocycles. The first-order valence-electron chi connectivity index (χ1n) is 7.99. The number of aromatic nitrogens is 3. The van der Waals surface area contributed by atoms with Crippen LogP contribution in [0, 0.1) is 11.8 Å². The Bertz CT molecular complexity index is 612. The quantitative estimate of drug-likeness (QED) is 0.941. The number of rotatable bonds is 4. The first-order chi connectivity index (χ1) is 10.4. The lowest BCUT2D eigenvalue weighted by Crippen LogP contribution is -2.18. The number of hydrogen-bond donors (Lipinski definition) is 1. The Labute approximate surface area is 129 Å². The number of nitrogens with one attached hydrogen (secondary N) is 1. The summed E-state index contributed by atoms with van der Waals surface area (Å²) in [5.74, 6) is 5.38. The van der Waals surface area contributed by atoms with Gasteiger partial charge < -0.3 is 9.88 Å². The lowest BCUT2D eigenvalue weighted by atomic mass is 10.0. The summed E-state index contributed by atoms with van der Waals surface area (Å²) in [7, 11) is 0. The van der Waals surface area contributed by atoms with Crippen molar-refractivity contribution in [1.29, 1.82) is 0 Å². The van der Waals surface area contributed by atoms with Gasteiger partial charge in [0.25, 0.3) is 0 Å². The van der Waals surface area contributed by atoms with Crippen LogP contribution in [-0.4, -0.2) is 39.1 Å². The SMILES string of the molecule is c1cnc2c(c1)nc(CC1CCSC1)n2CC1CCNC1. The Balaban J connectivity index is 1.65. The van der Waals surface area contributed by atoms with Crippen molar-refractivity contribution in [1.82, 2.24) is 19.9 Å². The van der Waals surface area contributed by atoms with Crippen molar-refractivity contribution < 1.29 is 0 Å². The van der Waals surface area contributed by atoms with Crippen molar-refractivity contribution in [2.45, 2.75) is 25.8 Å². The van der Waals surface area contributed by atoms with Crippen LogP contribution in [0.25, 0.3) is 11.2 Å². The second kappa shape index (κ2) is 5.97. The van der Waals surface area contributed by atoms with Crippen molar-refractivity contribution >= 4 is 22.9 Å². The van der Waals surface area contributed by atoms with Crippen molar-refractivity contribution in [2.75, 3.05) is 24.6 Å². The van der Waals surface area contributed by atoms with Gasteiger partial charge in [0.2, 0.25) is 0 Å². The lowest BCUT2D eigenvalue weighted by molar-refractivity contribution is 0.461. The minimum Gasteiger partial charge on any atom is -0.316 e. The number of pyridine rings is 1. The second-order valence-corrected chi connectivity index (χ2v) is 7.43. The molecule has 4 heterocycles. The Morgan fingerprint density at radius 2 is 2.33 bits per heavy atom. The fourth-order valence-electron chi connectivity index (χ4n) is 3.48. The third-order valence-electron chi connectivity index (χ3n) is 4.68. The molecule has 5 heteroatoms. The molecular weight excluding hydrogens is 280 g/mol. The van der Waals surface area contributed by atoms with Gasteiger partial charge in [0.1, 0.15) is 11.3 Å². The van der Waals surface area contributed by atoms with Crippen molar-refractivity contribution in [2.24, 2.45) is 11.8 Å². The third kappa shape index (κ3) is 2.81. The molecule has 2 aromatic heterocycles. The lowest BCUT2D eigenvalue weighted by Gasteiger charge is -2.15. The van der Waals surface area contributed by atoms with Crippen LogP contribution < -0.4 is 5.32 Å². The van der Waals surface area contributed by atoms with E-state index in [0.29, 0.717) is 0 Å². The minimum absolute atomic E-state index is 0.723. The predicted molar refractivity (Wildman–Crippen MR) is 87.6 cm³/mol. The average Bonchev–Trinajstić information content (AvgIpc) is 3.23. The molecule has 21 heavy (non-hydrogen) atoms. The van der Waals surface area contributed by atoms with E-state index in [1.165, 1.54) is 30.2 Å². The molecule has 4 rings (SSSR count). The van der Waals surface area contributed by atoms with E-state index in [9.17, 15) is 0 Å². The number of imidazole rings is 1. The van der Waals surface area contributed by atoms with E-state index in [1.54, 1.807) is 0 Å². The maximum absolute atomic E-state index is 4.89. The van der Waals surface area contributed by atoms with Gasteiger partial charge in [-0.2, -0.15) is 11.8 Å². The molecule has 0 saturated carbocycles. The molecule has 0 amide bonds. The summed E-state index contributed by atoms with van der Waals surface area (Å²) in [5.41, 5.74) is 2.13. The van der Waals surface area contributed by atoms with E-state index >= 15 is 0 Å². The van der Waals surface area contributed by atoms with Gasteiger partial charge in [-0.25, -0.2) is 9.97 Å². The van der Waals surface area contributed by atoms with Gasteiger partial charge >= 0.3 is 0 Å². The van der Waals surface area contributed by atoms with E-state index in [0.717, 1.165) is 49.1 Å². The van der Waals surface area contributed by atoms with Crippen LogP contribution in [0.2, 0.25) is 0 Å². The van der Waals surface area contributed by atoms with Crippen molar-refractivity contribution in [3.63, 3.8) is 0 Å². The van der Waals surface area contributed by atoms with Crippen molar-refractivity contribution in [3.05, 3.63) is 24.2 Å². The van der Waals surface area contributed by atoms with Crippen LogP contribution in [0.5, 0.6) is 0 Å². The van der Waals surface area contributed by atoms with Crippen LogP contribution >= 0.6 is 11.8 Å². The Hall–Kier alpha value is -1.07. The zero-order valence-electron chi connectivity index (χ0n) is 12.3. The first kappa shape index (κ1) is 13.6. The van der Waals surface area contributed by atoms with Gasteiger partial charge in [0.15, 0.2) is 5.65 Å². The van der Waals surface area contributed by atoms with E-state index in [2.05, 4.69) is 32.7 Å². The number of fused-ring (bicyclic) bond motifs is 1. The van der Waals surface area contributed by atoms with Gasteiger partial charge in [-0.3, -0.25) is 0 Å². The maximum atomic E-state index is 4.89. The van der Waals surface area contributed by atoms with Crippen LogP contribution in [0.1, 0.15) is 18.7 Å². The van der Waals surface area contributed by atoms with Crippen LogP contribution in [-0.2, 0) is 13.0 Å². The molecule has 0 spiro atoms. The molecule has 0 aliphatic carbocycles. The number of nitrogens with zero attached hydrogens (tertiary/aromatic N) is 3. The van der Waals surface area contributed by atoms with Crippen LogP contribution in [0.3, 0.4) is 0 Å². The first-order valence-corrected chi connectivity index (χ1v) is 9.14. The molecule has 0 bridgehead atoms. The van der Waals surface area contributed by atoms with Crippen LogP contribution in [0.4, 0.5) is 0 Å². The van der Waals surface area contributed by atoms with Crippen LogP contribution in [0.15, 0.2) is 18.3 Å². The summed E-state index contributed by atoms with van der Waals surface area (Å²) in [6.07, 6.45) is 5.61.